The topological polar surface area (TPSA) is 70.2 Å². The molecule has 0 radical (unpaired) electrons. The Morgan fingerprint density at radius 3 is 3.00 bits per heavy atom. The van der Waals surface area contributed by atoms with Crippen molar-refractivity contribution >= 4 is 5.91 Å². The van der Waals surface area contributed by atoms with Gasteiger partial charge in [-0.05, 0) is 31.0 Å². The first kappa shape index (κ1) is 15.6. The molecule has 0 saturated carbocycles. The zero-order chi connectivity index (χ0) is 16.1. The third-order valence-electron chi connectivity index (χ3n) is 4.15. The first-order chi connectivity index (χ1) is 11.2. The molecule has 0 aliphatic carbocycles. The van der Waals surface area contributed by atoms with Crippen LogP contribution in [0.15, 0.2) is 36.5 Å². The lowest BCUT2D eigenvalue weighted by Gasteiger charge is -2.17. The molecule has 1 aliphatic rings. The highest BCUT2D eigenvalue weighted by atomic mass is 16.5. The van der Waals surface area contributed by atoms with Crippen molar-refractivity contribution in [2.75, 3.05) is 19.7 Å². The minimum absolute atomic E-state index is 0.0378. The van der Waals surface area contributed by atoms with Crippen LogP contribution in [0.25, 0.3) is 0 Å². The van der Waals surface area contributed by atoms with Crippen molar-refractivity contribution in [1.29, 1.82) is 0 Å². The van der Waals surface area contributed by atoms with Crippen LogP contribution in [-0.2, 0) is 11.3 Å². The van der Waals surface area contributed by atoms with Gasteiger partial charge >= 0.3 is 0 Å². The summed E-state index contributed by atoms with van der Waals surface area (Å²) in [5, 5.41) is 10.5. The van der Waals surface area contributed by atoms with Gasteiger partial charge in [0.2, 0.25) is 0 Å². The van der Waals surface area contributed by atoms with Crippen LogP contribution in [0.1, 0.15) is 17.7 Å². The van der Waals surface area contributed by atoms with Crippen LogP contribution >= 0.6 is 0 Å². The average Bonchev–Trinajstić information content (AvgIpc) is 3.20. The molecule has 1 aromatic carbocycles. The standard InChI is InChI=1S/C17H22N4O2/c1-13-9-19-20-16(13)10-18-14-7-8-21(11-14)17(22)12-23-15-5-3-2-4-6-15/h2-6,9,14,18H,7-8,10-12H2,1H3,(H,19,20). The summed E-state index contributed by atoms with van der Waals surface area (Å²) in [6.07, 6.45) is 2.78. The van der Waals surface area contributed by atoms with Crippen molar-refractivity contribution in [3.8, 4) is 5.75 Å². The minimum Gasteiger partial charge on any atom is -0.484 e. The Morgan fingerprint density at radius 1 is 1.43 bits per heavy atom. The van der Waals surface area contributed by atoms with Crippen LogP contribution in [0.4, 0.5) is 0 Å². The van der Waals surface area contributed by atoms with Crippen LogP contribution in [-0.4, -0.2) is 46.7 Å². The lowest BCUT2D eigenvalue weighted by Crippen LogP contribution is -2.37. The number of carbonyl (C=O) groups is 1. The summed E-state index contributed by atoms with van der Waals surface area (Å²) in [5.41, 5.74) is 2.25. The molecule has 1 saturated heterocycles. The molecule has 6 heteroatoms. The van der Waals surface area contributed by atoms with Gasteiger partial charge in [-0.3, -0.25) is 9.89 Å². The molecule has 2 heterocycles. The van der Waals surface area contributed by atoms with Crippen LogP contribution in [0, 0.1) is 6.92 Å². The molecule has 2 N–H and O–H groups in total. The Morgan fingerprint density at radius 2 is 2.26 bits per heavy atom. The maximum Gasteiger partial charge on any atom is 0.260 e. The molecule has 1 unspecified atom stereocenters. The predicted molar refractivity (Wildman–Crippen MR) is 87.1 cm³/mol. The van der Waals surface area contributed by atoms with Gasteiger partial charge in [0.15, 0.2) is 6.61 Å². The molecular formula is C17H22N4O2. The van der Waals surface area contributed by atoms with Gasteiger partial charge in [0.25, 0.3) is 5.91 Å². The molecule has 1 aromatic heterocycles. The van der Waals surface area contributed by atoms with E-state index in [0.717, 1.165) is 43.1 Å². The van der Waals surface area contributed by atoms with Crippen molar-refractivity contribution in [2.24, 2.45) is 0 Å². The normalized spacial score (nSPS) is 17.4. The van der Waals surface area contributed by atoms with E-state index in [0.29, 0.717) is 6.04 Å². The fourth-order valence-corrected chi connectivity index (χ4v) is 2.70. The SMILES string of the molecule is Cc1cn[nH]c1CNC1CCN(C(=O)COc2ccccc2)C1. The lowest BCUT2D eigenvalue weighted by molar-refractivity contribution is -0.132. The molecule has 1 fully saturated rings. The van der Waals surface area contributed by atoms with Crippen molar-refractivity contribution in [1.82, 2.24) is 20.4 Å². The number of rotatable bonds is 6. The molecule has 1 aliphatic heterocycles. The van der Waals surface area contributed by atoms with Crippen LogP contribution in [0.2, 0.25) is 0 Å². The molecule has 0 bridgehead atoms. The molecule has 3 rings (SSSR count). The number of aromatic amines is 1. The third kappa shape index (κ3) is 4.10. The van der Waals surface area contributed by atoms with Gasteiger partial charge in [-0.25, -0.2) is 0 Å². The zero-order valence-electron chi connectivity index (χ0n) is 13.3. The Balaban J connectivity index is 1.42. The highest BCUT2D eigenvalue weighted by Gasteiger charge is 2.26. The summed E-state index contributed by atoms with van der Waals surface area (Å²) in [6, 6.07) is 9.74. The van der Waals surface area contributed by atoms with E-state index in [1.54, 1.807) is 0 Å². The quantitative estimate of drug-likeness (QED) is 0.847. The second-order valence-electron chi connectivity index (χ2n) is 5.84. The number of nitrogens with zero attached hydrogens (tertiary/aromatic N) is 2. The summed E-state index contributed by atoms with van der Waals surface area (Å²) in [7, 11) is 0. The Hall–Kier alpha value is -2.34. The molecule has 1 atom stereocenters. The van der Waals surface area contributed by atoms with Gasteiger partial charge in [-0.1, -0.05) is 18.2 Å². The van der Waals surface area contributed by atoms with Gasteiger partial charge in [0.05, 0.1) is 11.9 Å². The van der Waals surface area contributed by atoms with Crippen molar-refractivity contribution in [2.45, 2.75) is 25.9 Å². The second-order valence-corrected chi connectivity index (χ2v) is 5.84. The maximum atomic E-state index is 12.2. The van der Waals surface area contributed by atoms with E-state index in [4.69, 9.17) is 4.74 Å². The molecule has 2 aromatic rings. The number of carbonyl (C=O) groups excluding carboxylic acids is 1. The number of hydrogen-bond donors (Lipinski definition) is 2. The molecule has 122 valence electrons. The van der Waals surface area contributed by atoms with Crippen LogP contribution in [0.3, 0.4) is 0 Å². The summed E-state index contributed by atoms with van der Waals surface area (Å²) < 4.78 is 5.53. The van der Waals surface area contributed by atoms with Gasteiger partial charge in [-0.15, -0.1) is 0 Å². The number of benzene rings is 1. The van der Waals surface area contributed by atoms with E-state index in [9.17, 15) is 4.79 Å². The maximum absolute atomic E-state index is 12.2. The van der Waals surface area contributed by atoms with E-state index < -0.39 is 0 Å². The summed E-state index contributed by atoms with van der Waals surface area (Å²) >= 11 is 0. The predicted octanol–water partition coefficient (Wildman–Crippen LogP) is 1.49. The fraction of sp³-hybridized carbons (Fsp3) is 0.412. The Bertz CT molecular complexity index is 641. The lowest BCUT2D eigenvalue weighted by atomic mass is 10.2. The van der Waals surface area contributed by atoms with E-state index in [2.05, 4.69) is 15.5 Å². The third-order valence-corrected chi connectivity index (χ3v) is 4.15. The number of hydrogen-bond acceptors (Lipinski definition) is 4. The van der Waals surface area contributed by atoms with E-state index in [-0.39, 0.29) is 12.5 Å². The summed E-state index contributed by atoms with van der Waals surface area (Å²) in [5.74, 6) is 0.764. The molecule has 23 heavy (non-hydrogen) atoms. The number of aryl methyl sites for hydroxylation is 1. The Labute approximate surface area is 135 Å². The van der Waals surface area contributed by atoms with Gasteiger partial charge < -0.3 is 15.0 Å². The number of nitrogens with one attached hydrogen (secondary N) is 2. The first-order valence-electron chi connectivity index (χ1n) is 7.90. The number of para-hydroxylation sites is 1. The molecule has 6 nitrogen and oxygen atoms in total. The number of amides is 1. The van der Waals surface area contributed by atoms with Crippen LogP contribution in [0.5, 0.6) is 5.75 Å². The zero-order valence-corrected chi connectivity index (χ0v) is 13.3. The second kappa shape index (κ2) is 7.28. The minimum atomic E-state index is 0.0378. The van der Waals surface area contributed by atoms with Crippen LogP contribution < -0.4 is 10.1 Å². The average molecular weight is 314 g/mol. The van der Waals surface area contributed by atoms with Crippen molar-refractivity contribution < 1.29 is 9.53 Å². The summed E-state index contributed by atoms with van der Waals surface area (Å²) in [4.78, 5) is 14.1. The molecular weight excluding hydrogens is 292 g/mol. The van der Waals surface area contributed by atoms with Gasteiger partial charge in [-0.2, -0.15) is 5.10 Å². The van der Waals surface area contributed by atoms with E-state index >= 15 is 0 Å². The number of likely N-dealkylation sites (tertiary alicyclic amines) is 1. The Kier molecular flexibility index (Phi) is 4.92. The molecule has 1 amide bonds. The van der Waals surface area contributed by atoms with Crippen molar-refractivity contribution in [3.05, 3.63) is 47.8 Å². The van der Waals surface area contributed by atoms with Gasteiger partial charge in [0, 0.05) is 25.7 Å². The molecule has 0 spiro atoms. The first-order valence-corrected chi connectivity index (χ1v) is 7.90. The number of ether oxygens (including phenoxy) is 1. The van der Waals surface area contributed by atoms with E-state index in [1.165, 1.54) is 0 Å². The largest absolute Gasteiger partial charge is 0.484 e. The monoisotopic (exact) mass is 314 g/mol. The number of H-pyrrole nitrogens is 1. The van der Waals surface area contributed by atoms with E-state index in [1.807, 2.05) is 48.4 Å². The highest BCUT2D eigenvalue weighted by Crippen LogP contribution is 2.13. The fourth-order valence-electron chi connectivity index (χ4n) is 2.70. The number of aromatic nitrogens is 2. The van der Waals surface area contributed by atoms with Gasteiger partial charge in [0.1, 0.15) is 5.75 Å². The van der Waals surface area contributed by atoms with Crippen molar-refractivity contribution in [3.63, 3.8) is 0 Å². The summed E-state index contributed by atoms with van der Waals surface area (Å²) in [6.45, 7) is 4.38. The smallest absolute Gasteiger partial charge is 0.260 e. The highest BCUT2D eigenvalue weighted by molar-refractivity contribution is 5.78.